The number of methoxy groups -OCH3 is 1. The van der Waals surface area contributed by atoms with Crippen molar-refractivity contribution < 1.29 is 9.53 Å². The topological polar surface area (TPSA) is 50.4 Å². The molecule has 0 aliphatic heterocycles. The van der Waals surface area contributed by atoms with Gasteiger partial charge in [0.2, 0.25) is 5.91 Å². The highest BCUT2D eigenvalue weighted by Gasteiger charge is 2.04. The monoisotopic (exact) mass is 256 g/mol. The molecule has 0 atom stereocenters. The first-order valence-corrected chi connectivity index (χ1v) is 6.47. The van der Waals surface area contributed by atoms with Crippen molar-refractivity contribution in [3.05, 3.63) is 21.4 Å². The maximum Gasteiger partial charge on any atom is 0.234 e. The number of rotatable bonds is 7. The van der Waals surface area contributed by atoms with Crippen LogP contribution in [0.5, 0.6) is 0 Å². The van der Waals surface area contributed by atoms with Crippen LogP contribution in [0.1, 0.15) is 15.3 Å². The summed E-state index contributed by atoms with van der Waals surface area (Å²) in [5.41, 5.74) is 1.28. The molecule has 1 rings (SSSR count). The molecule has 96 valence electrons. The van der Waals surface area contributed by atoms with Gasteiger partial charge in [0.05, 0.1) is 13.2 Å². The Labute approximate surface area is 106 Å². The first-order valence-electron chi connectivity index (χ1n) is 5.65. The number of thiophene rings is 1. The van der Waals surface area contributed by atoms with E-state index in [2.05, 4.69) is 30.5 Å². The molecule has 1 amide bonds. The van der Waals surface area contributed by atoms with Crippen LogP contribution in [0.4, 0.5) is 0 Å². The largest absolute Gasteiger partial charge is 0.383 e. The summed E-state index contributed by atoms with van der Waals surface area (Å²) in [6.45, 7) is 6.40. The molecule has 1 aromatic heterocycles. The van der Waals surface area contributed by atoms with Crippen molar-refractivity contribution in [3.8, 4) is 0 Å². The molecule has 0 aliphatic rings. The Hall–Kier alpha value is -0.910. The van der Waals surface area contributed by atoms with Gasteiger partial charge in [-0.2, -0.15) is 0 Å². The van der Waals surface area contributed by atoms with E-state index >= 15 is 0 Å². The van der Waals surface area contributed by atoms with Crippen LogP contribution in [0.15, 0.2) is 6.07 Å². The number of aryl methyl sites for hydroxylation is 2. The Morgan fingerprint density at radius 1 is 1.47 bits per heavy atom. The number of carbonyl (C=O) groups is 1. The first kappa shape index (κ1) is 14.2. The van der Waals surface area contributed by atoms with E-state index in [9.17, 15) is 4.79 Å². The van der Waals surface area contributed by atoms with Gasteiger partial charge in [-0.05, 0) is 25.5 Å². The number of carbonyl (C=O) groups excluding carboxylic acids is 1. The van der Waals surface area contributed by atoms with E-state index in [1.54, 1.807) is 18.4 Å². The maximum absolute atomic E-state index is 11.4. The van der Waals surface area contributed by atoms with E-state index in [1.165, 1.54) is 15.3 Å². The first-order chi connectivity index (χ1) is 8.13. The molecule has 4 nitrogen and oxygen atoms in total. The van der Waals surface area contributed by atoms with Crippen LogP contribution in [-0.2, 0) is 16.1 Å². The molecule has 5 heteroatoms. The number of nitrogens with one attached hydrogen (secondary N) is 2. The molecule has 0 aliphatic carbocycles. The Balaban J connectivity index is 2.19. The van der Waals surface area contributed by atoms with Crippen molar-refractivity contribution in [2.24, 2.45) is 0 Å². The highest BCUT2D eigenvalue weighted by Crippen LogP contribution is 2.19. The van der Waals surface area contributed by atoms with Crippen molar-refractivity contribution in [3.63, 3.8) is 0 Å². The van der Waals surface area contributed by atoms with E-state index in [1.807, 2.05) is 0 Å². The average Bonchev–Trinajstić information content (AvgIpc) is 2.58. The van der Waals surface area contributed by atoms with Gasteiger partial charge < -0.3 is 15.4 Å². The second-order valence-electron chi connectivity index (χ2n) is 3.88. The van der Waals surface area contributed by atoms with Crippen molar-refractivity contribution in [2.75, 3.05) is 26.8 Å². The van der Waals surface area contributed by atoms with Gasteiger partial charge in [-0.3, -0.25) is 4.79 Å². The molecule has 0 fully saturated rings. The van der Waals surface area contributed by atoms with Crippen LogP contribution in [0, 0.1) is 13.8 Å². The van der Waals surface area contributed by atoms with Gasteiger partial charge in [0, 0.05) is 30.0 Å². The molecule has 0 radical (unpaired) electrons. The molecule has 0 saturated heterocycles. The number of ether oxygens (including phenoxy) is 1. The standard InChI is InChI=1S/C12H20N2O2S/c1-9-6-11(10(2)17-9)7-13-8-12(15)14-4-5-16-3/h6,13H,4-5,7-8H2,1-3H3,(H,14,15). The zero-order valence-corrected chi connectivity index (χ0v) is 11.4. The Morgan fingerprint density at radius 3 is 2.82 bits per heavy atom. The van der Waals surface area contributed by atoms with Crippen LogP contribution in [-0.4, -0.2) is 32.7 Å². The number of hydrogen-bond acceptors (Lipinski definition) is 4. The van der Waals surface area contributed by atoms with E-state index in [-0.39, 0.29) is 5.91 Å². The summed E-state index contributed by atoms with van der Waals surface area (Å²) in [4.78, 5) is 14.0. The fourth-order valence-electron chi connectivity index (χ4n) is 1.52. The minimum absolute atomic E-state index is 0.00616. The molecular weight excluding hydrogens is 236 g/mol. The molecule has 0 bridgehead atoms. The van der Waals surface area contributed by atoms with Crippen LogP contribution in [0.3, 0.4) is 0 Å². The lowest BCUT2D eigenvalue weighted by Crippen LogP contribution is -2.35. The minimum atomic E-state index is 0.00616. The summed E-state index contributed by atoms with van der Waals surface area (Å²) in [5.74, 6) is 0.00616. The van der Waals surface area contributed by atoms with Gasteiger partial charge in [0.1, 0.15) is 0 Å². The zero-order valence-electron chi connectivity index (χ0n) is 10.6. The zero-order chi connectivity index (χ0) is 12.7. The quantitative estimate of drug-likeness (QED) is 0.721. The van der Waals surface area contributed by atoms with E-state index in [0.717, 1.165) is 6.54 Å². The van der Waals surface area contributed by atoms with Crippen molar-refractivity contribution in [1.29, 1.82) is 0 Å². The van der Waals surface area contributed by atoms with Gasteiger partial charge in [0.25, 0.3) is 0 Å². The van der Waals surface area contributed by atoms with Crippen molar-refractivity contribution in [1.82, 2.24) is 10.6 Å². The summed E-state index contributed by atoms with van der Waals surface area (Å²) < 4.78 is 4.85. The Kier molecular flexibility index (Phi) is 6.18. The predicted molar refractivity (Wildman–Crippen MR) is 70.4 cm³/mol. The van der Waals surface area contributed by atoms with E-state index < -0.39 is 0 Å². The second kappa shape index (κ2) is 7.42. The lowest BCUT2D eigenvalue weighted by Gasteiger charge is -2.06. The fourth-order valence-corrected chi connectivity index (χ4v) is 2.47. The summed E-state index contributed by atoms with van der Waals surface area (Å²) in [6.07, 6.45) is 0. The fraction of sp³-hybridized carbons (Fsp3) is 0.583. The number of amides is 1. The summed E-state index contributed by atoms with van der Waals surface area (Å²) in [5, 5.41) is 5.90. The molecule has 1 aromatic rings. The van der Waals surface area contributed by atoms with Gasteiger partial charge in [-0.1, -0.05) is 0 Å². The summed E-state index contributed by atoms with van der Waals surface area (Å²) >= 11 is 1.79. The van der Waals surface area contributed by atoms with Gasteiger partial charge >= 0.3 is 0 Å². The van der Waals surface area contributed by atoms with Gasteiger partial charge in [0.15, 0.2) is 0 Å². The van der Waals surface area contributed by atoms with Crippen LogP contribution >= 0.6 is 11.3 Å². The van der Waals surface area contributed by atoms with Gasteiger partial charge in [-0.25, -0.2) is 0 Å². The maximum atomic E-state index is 11.4. The summed E-state index contributed by atoms with van der Waals surface area (Å²) in [6, 6.07) is 2.16. The van der Waals surface area contributed by atoms with E-state index in [4.69, 9.17) is 4.74 Å². The molecule has 0 saturated carbocycles. The Bertz CT molecular complexity index is 363. The van der Waals surface area contributed by atoms with Gasteiger partial charge in [-0.15, -0.1) is 11.3 Å². The SMILES string of the molecule is COCCNC(=O)CNCc1cc(C)sc1C. The number of hydrogen-bond donors (Lipinski definition) is 2. The highest BCUT2D eigenvalue weighted by molar-refractivity contribution is 7.12. The van der Waals surface area contributed by atoms with Crippen molar-refractivity contribution >= 4 is 17.2 Å². The third-order valence-corrected chi connectivity index (χ3v) is 3.38. The molecule has 2 N–H and O–H groups in total. The van der Waals surface area contributed by atoms with E-state index in [0.29, 0.717) is 19.7 Å². The minimum Gasteiger partial charge on any atom is -0.383 e. The van der Waals surface area contributed by atoms with Crippen LogP contribution < -0.4 is 10.6 Å². The average molecular weight is 256 g/mol. The molecule has 17 heavy (non-hydrogen) atoms. The van der Waals surface area contributed by atoms with Crippen LogP contribution in [0.25, 0.3) is 0 Å². The smallest absolute Gasteiger partial charge is 0.234 e. The highest BCUT2D eigenvalue weighted by atomic mass is 32.1. The summed E-state index contributed by atoms with van der Waals surface area (Å²) in [7, 11) is 1.62. The van der Waals surface area contributed by atoms with Crippen molar-refractivity contribution in [2.45, 2.75) is 20.4 Å². The predicted octanol–water partition coefficient (Wildman–Crippen LogP) is 1.22. The molecule has 0 aromatic carbocycles. The molecule has 0 unspecified atom stereocenters. The lowest BCUT2D eigenvalue weighted by molar-refractivity contribution is -0.120. The Morgan fingerprint density at radius 2 is 2.24 bits per heavy atom. The normalized spacial score (nSPS) is 10.5. The third-order valence-electron chi connectivity index (χ3n) is 2.37. The molecule has 0 spiro atoms. The van der Waals surface area contributed by atoms with Crippen LogP contribution in [0.2, 0.25) is 0 Å². The third kappa shape index (κ3) is 5.30. The second-order valence-corrected chi connectivity index (χ2v) is 5.35. The lowest BCUT2D eigenvalue weighted by atomic mass is 10.2. The molecular formula is C12H20N2O2S. The molecule has 1 heterocycles.